The second-order valence-electron chi connectivity index (χ2n) is 12.3. The van der Waals surface area contributed by atoms with Crippen molar-refractivity contribution in [2.75, 3.05) is 0 Å². The molecule has 0 bridgehead atoms. The van der Waals surface area contributed by atoms with Crippen LogP contribution >= 0.6 is 15.9 Å². The molecule has 6 heteroatoms. The number of Topliss-reactive ketones (excluding diaryl/α,β-unsaturated/α-hetero) is 1. The quantitative estimate of drug-likeness (QED) is 0.382. The monoisotopic (exact) mass is 556 g/mol. The molecule has 194 valence electrons. The van der Waals surface area contributed by atoms with Gasteiger partial charge in [0.2, 0.25) is 0 Å². The van der Waals surface area contributed by atoms with Crippen molar-refractivity contribution >= 4 is 33.5 Å². The minimum atomic E-state index is -1.32. The number of hydrogen-bond acceptors (Lipinski definition) is 5. The zero-order chi connectivity index (χ0) is 26.3. The lowest BCUT2D eigenvalue weighted by Gasteiger charge is -2.66. The fourth-order valence-electron chi connectivity index (χ4n) is 9.11. The molecular formula is C30H37BrO5. The Hall–Kier alpha value is -1.79. The third kappa shape index (κ3) is 3.12. The smallest absolute Gasteiger partial charge is 0.339 e. The number of benzene rings is 1. The summed E-state index contributed by atoms with van der Waals surface area (Å²) in [5.74, 6) is -0.345. The highest BCUT2D eigenvalue weighted by atomic mass is 79.9. The van der Waals surface area contributed by atoms with E-state index >= 15 is 0 Å². The van der Waals surface area contributed by atoms with Crippen LogP contribution in [0.2, 0.25) is 0 Å². The average Bonchev–Trinajstić information content (AvgIpc) is 3.05. The highest BCUT2D eigenvalue weighted by molar-refractivity contribution is 9.10. The Morgan fingerprint density at radius 1 is 1.08 bits per heavy atom. The SMILES string of the molecule is CC(=O)[C@@]1(OC(=O)c2ccccc2)C(C)C[C@H]2[C@@H]3CC(C)C4=CC(=O)CC[C@]4(C)[C@@]3(Br)C(O)C[C@@]21C. The van der Waals surface area contributed by atoms with Crippen molar-refractivity contribution in [2.45, 2.75) is 82.8 Å². The summed E-state index contributed by atoms with van der Waals surface area (Å²) in [5, 5.41) is 12.0. The van der Waals surface area contributed by atoms with Gasteiger partial charge in [-0.25, -0.2) is 4.79 Å². The molecule has 3 fully saturated rings. The number of alkyl halides is 1. The predicted molar refractivity (Wildman–Crippen MR) is 141 cm³/mol. The van der Waals surface area contributed by atoms with E-state index < -0.39 is 27.4 Å². The van der Waals surface area contributed by atoms with Crippen LogP contribution in [0.15, 0.2) is 42.0 Å². The summed E-state index contributed by atoms with van der Waals surface area (Å²) in [6, 6.07) is 8.82. The Bertz CT molecular complexity index is 1150. The van der Waals surface area contributed by atoms with Crippen molar-refractivity contribution in [1.82, 2.24) is 0 Å². The Kier molecular flexibility index (Phi) is 6.00. The number of hydrogen-bond donors (Lipinski definition) is 1. The van der Waals surface area contributed by atoms with Crippen molar-refractivity contribution in [3.63, 3.8) is 0 Å². The largest absolute Gasteiger partial charge is 0.447 e. The van der Waals surface area contributed by atoms with Gasteiger partial charge in [-0.1, -0.05) is 67.4 Å². The van der Waals surface area contributed by atoms with Gasteiger partial charge in [-0.3, -0.25) is 9.59 Å². The lowest BCUT2D eigenvalue weighted by molar-refractivity contribution is -0.179. The Labute approximate surface area is 222 Å². The molecule has 1 N–H and O–H groups in total. The molecule has 1 aromatic carbocycles. The number of carbonyl (C=O) groups excluding carboxylic acids is 3. The molecule has 9 atom stereocenters. The zero-order valence-electron chi connectivity index (χ0n) is 21.8. The van der Waals surface area contributed by atoms with Gasteiger partial charge in [-0.05, 0) is 68.6 Å². The number of esters is 1. The van der Waals surface area contributed by atoms with Gasteiger partial charge in [0.25, 0.3) is 0 Å². The molecule has 0 spiro atoms. The number of halogens is 1. The van der Waals surface area contributed by atoms with Crippen LogP contribution in [0.5, 0.6) is 0 Å². The molecular weight excluding hydrogens is 520 g/mol. The summed E-state index contributed by atoms with van der Waals surface area (Å²) in [5.41, 5.74) is -0.845. The summed E-state index contributed by atoms with van der Waals surface area (Å²) >= 11 is 4.13. The van der Waals surface area contributed by atoms with E-state index in [1.165, 1.54) is 6.92 Å². The fourth-order valence-corrected chi connectivity index (χ4v) is 10.2. The van der Waals surface area contributed by atoms with Crippen LogP contribution in [-0.4, -0.2) is 38.7 Å². The second-order valence-corrected chi connectivity index (χ2v) is 13.6. The standard InChI is InChI=1S/C30H37BrO5/c1-17-13-24-23-14-18(2)30(19(3)32,36-26(35)20-9-7-6-8-10-20)28(23,5)16-25(34)29(24,31)27(4)12-11-21(33)15-22(17)27/h6-10,15,17-18,23-25,34H,11-14,16H2,1-5H3/t17?,18?,23-,24-,25?,27-,28-,29-,30-/m0/s1. The Morgan fingerprint density at radius 2 is 1.75 bits per heavy atom. The van der Waals surface area contributed by atoms with E-state index in [0.29, 0.717) is 24.8 Å². The van der Waals surface area contributed by atoms with E-state index in [4.69, 9.17) is 4.74 Å². The molecule has 0 heterocycles. The Balaban J connectivity index is 1.61. The summed E-state index contributed by atoms with van der Waals surface area (Å²) in [7, 11) is 0. The number of rotatable bonds is 3. The first kappa shape index (κ1) is 25.8. The van der Waals surface area contributed by atoms with Crippen molar-refractivity contribution in [3.8, 4) is 0 Å². The van der Waals surface area contributed by atoms with Gasteiger partial charge in [0, 0.05) is 23.2 Å². The van der Waals surface area contributed by atoms with Crippen LogP contribution in [0.3, 0.4) is 0 Å². The van der Waals surface area contributed by atoms with E-state index in [0.717, 1.165) is 18.4 Å². The second kappa shape index (κ2) is 8.36. The third-order valence-corrected chi connectivity index (χ3v) is 12.7. The van der Waals surface area contributed by atoms with Crippen molar-refractivity contribution in [3.05, 3.63) is 47.5 Å². The van der Waals surface area contributed by atoms with Gasteiger partial charge >= 0.3 is 5.97 Å². The van der Waals surface area contributed by atoms with Crippen LogP contribution in [0, 0.1) is 34.5 Å². The summed E-state index contributed by atoms with van der Waals surface area (Å²) in [6.45, 7) is 9.98. The molecule has 1 aromatic rings. The Morgan fingerprint density at radius 3 is 2.39 bits per heavy atom. The third-order valence-electron chi connectivity index (χ3n) is 10.7. The lowest BCUT2D eigenvalue weighted by atomic mass is 9.43. The zero-order valence-corrected chi connectivity index (χ0v) is 23.4. The van der Waals surface area contributed by atoms with Crippen LogP contribution in [-0.2, 0) is 14.3 Å². The van der Waals surface area contributed by atoms with Crippen molar-refractivity contribution in [2.24, 2.45) is 34.5 Å². The highest BCUT2D eigenvalue weighted by Gasteiger charge is 2.76. The first-order valence-corrected chi connectivity index (χ1v) is 14.0. The molecule has 3 saturated carbocycles. The molecule has 0 aliphatic heterocycles. The number of allylic oxidation sites excluding steroid dienone is 1. The molecule has 5 rings (SSSR count). The number of aliphatic hydroxyl groups is 1. The van der Waals surface area contributed by atoms with E-state index in [-0.39, 0.29) is 40.7 Å². The van der Waals surface area contributed by atoms with Gasteiger partial charge in [-0.15, -0.1) is 0 Å². The molecule has 0 saturated heterocycles. The van der Waals surface area contributed by atoms with Gasteiger partial charge < -0.3 is 9.84 Å². The van der Waals surface area contributed by atoms with Crippen LogP contribution < -0.4 is 0 Å². The van der Waals surface area contributed by atoms with Gasteiger partial charge in [0.1, 0.15) is 0 Å². The molecule has 4 aliphatic carbocycles. The minimum absolute atomic E-state index is 0.0655. The van der Waals surface area contributed by atoms with Crippen LogP contribution in [0.25, 0.3) is 0 Å². The number of fused-ring (bicyclic) bond motifs is 5. The van der Waals surface area contributed by atoms with Crippen molar-refractivity contribution < 1.29 is 24.2 Å². The maximum absolute atomic E-state index is 13.5. The molecule has 3 unspecified atom stereocenters. The fraction of sp³-hybridized carbons (Fsp3) is 0.633. The van der Waals surface area contributed by atoms with E-state index in [9.17, 15) is 19.5 Å². The normalized spacial score (nSPS) is 45.7. The summed E-state index contributed by atoms with van der Waals surface area (Å²) in [4.78, 5) is 39.2. The van der Waals surface area contributed by atoms with E-state index in [2.05, 4.69) is 36.7 Å². The summed E-state index contributed by atoms with van der Waals surface area (Å²) < 4.78 is 5.68. The topological polar surface area (TPSA) is 80.7 Å². The maximum atomic E-state index is 13.5. The first-order valence-electron chi connectivity index (χ1n) is 13.2. The summed E-state index contributed by atoms with van der Waals surface area (Å²) in [6.07, 6.45) is 4.12. The molecule has 0 aromatic heterocycles. The maximum Gasteiger partial charge on any atom is 0.339 e. The minimum Gasteiger partial charge on any atom is -0.447 e. The lowest BCUT2D eigenvalue weighted by Crippen LogP contribution is -2.70. The first-order chi connectivity index (χ1) is 16.8. The molecule has 0 amide bonds. The number of ether oxygens (including phenoxy) is 1. The van der Waals surface area contributed by atoms with Crippen LogP contribution in [0.1, 0.15) is 77.1 Å². The average molecular weight is 558 g/mol. The number of ketones is 2. The van der Waals surface area contributed by atoms with Gasteiger partial charge in [-0.2, -0.15) is 0 Å². The van der Waals surface area contributed by atoms with Crippen molar-refractivity contribution in [1.29, 1.82) is 0 Å². The van der Waals surface area contributed by atoms with Gasteiger partial charge in [0.15, 0.2) is 17.2 Å². The van der Waals surface area contributed by atoms with E-state index in [1.54, 1.807) is 24.3 Å². The van der Waals surface area contributed by atoms with Crippen LogP contribution in [0.4, 0.5) is 0 Å². The molecule has 36 heavy (non-hydrogen) atoms. The predicted octanol–water partition coefficient (Wildman–Crippen LogP) is 5.68. The molecule has 0 radical (unpaired) electrons. The number of carbonyl (C=O) groups is 3. The van der Waals surface area contributed by atoms with E-state index in [1.807, 2.05) is 19.1 Å². The number of aliphatic hydroxyl groups excluding tert-OH is 1. The molecule has 4 aliphatic rings. The highest BCUT2D eigenvalue weighted by Crippen LogP contribution is 2.73. The molecule has 5 nitrogen and oxygen atoms in total. The van der Waals surface area contributed by atoms with Gasteiger partial charge in [0.05, 0.1) is 16.0 Å².